The van der Waals surface area contributed by atoms with Crippen LogP contribution in [-0.4, -0.2) is 53.2 Å². The number of benzene rings is 1. The summed E-state index contributed by atoms with van der Waals surface area (Å²) in [6, 6.07) is 3.62. The van der Waals surface area contributed by atoms with Gasteiger partial charge in [-0.25, -0.2) is 8.42 Å². The Labute approximate surface area is 115 Å². The molecule has 1 fully saturated rings. The fourth-order valence-corrected chi connectivity index (χ4v) is 3.52. The minimum atomic E-state index is -3.97. The van der Waals surface area contributed by atoms with Gasteiger partial charge in [-0.3, -0.25) is 10.1 Å². The SMILES string of the molecule is Cc1ccc(S(=O)(=O)N2C[C@@H](O)[C@@H](O)C2)cc1[N+](=O)[O-]. The lowest BCUT2D eigenvalue weighted by Crippen LogP contribution is -2.30. The zero-order valence-electron chi connectivity index (χ0n) is 10.6. The van der Waals surface area contributed by atoms with Crippen molar-refractivity contribution in [3.8, 4) is 0 Å². The summed E-state index contributed by atoms with van der Waals surface area (Å²) >= 11 is 0. The van der Waals surface area contributed by atoms with Crippen LogP contribution < -0.4 is 0 Å². The molecule has 2 N–H and O–H groups in total. The molecule has 2 rings (SSSR count). The van der Waals surface area contributed by atoms with Crippen LogP contribution in [0.2, 0.25) is 0 Å². The van der Waals surface area contributed by atoms with E-state index in [2.05, 4.69) is 0 Å². The fourth-order valence-electron chi connectivity index (χ4n) is 2.03. The average molecular weight is 302 g/mol. The number of β-amino-alcohol motifs (C(OH)–C–C–N with tert-alkyl or cyclic N) is 2. The first-order valence-corrected chi connectivity index (χ1v) is 7.29. The van der Waals surface area contributed by atoms with Crippen molar-refractivity contribution < 1.29 is 23.6 Å². The van der Waals surface area contributed by atoms with Gasteiger partial charge in [-0.15, -0.1) is 0 Å². The molecule has 110 valence electrons. The van der Waals surface area contributed by atoms with E-state index in [0.29, 0.717) is 5.56 Å². The molecule has 1 aromatic carbocycles. The van der Waals surface area contributed by atoms with Gasteiger partial charge in [-0.2, -0.15) is 4.31 Å². The highest BCUT2D eigenvalue weighted by molar-refractivity contribution is 7.89. The highest BCUT2D eigenvalue weighted by atomic mass is 32.2. The van der Waals surface area contributed by atoms with Gasteiger partial charge >= 0.3 is 0 Å². The summed E-state index contributed by atoms with van der Waals surface area (Å²) in [6.45, 7) is 1.05. The van der Waals surface area contributed by atoms with Gasteiger partial charge in [0.1, 0.15) is 0 Å². The van der Waals surface area contributed by atoms with E-state index in [4.69, 9.17) is 0 Å². The van der Waals surface area contributed by atoms with Gasteiger partial charge in [-0.1, -0.05) is 6.07 Å². The highest BCUT2D eigenvalue weighted by Gasteiger charge is 2.38. The number of aliphatic hydroxyl groups is 2. The topological polar surface area (TPSA) is 121 Å². The molecule has 9 heteroatoms. The largest absolute Gasteiger partial charge is 0.389 e. The van der Waals surface area contributed by atoms with Crippen LogP contribution in [0.3, 0.4) is 0 Å². The monoisotopic (exact) mass is 302 g/mol. The van der Waals surface area contributed by atoms with Crippen molar-refractivity contribution in [2.75, 3.05) is 13.1 Å². The Bertz CT molecular complexity index is 634. The number of nitrogens with zero attached hydrogens (tertiary/aromatic N) is 2. The molecular weight excluding hydrogens is 288 g/mol. The Morgan fingerprint density at radius 2 is 1.85 bits per heavy atom. The van der Waals surface area contributed by atoms with Crippen molar-refractivity contribution in [1.82, 2.24) is 4.31 Å². The van der Waals surface area contributed by atoms with Crippen LogP contribution >= 0.6 is 0 Å². The maximum atomic E-state index is 12.3. The normalized spacial score (nSPS) is 23.9. The number of aryl methyl sites for hydroxylation is 1. The minimum Gasteiger partial charge on any atom is -0.389 e. The first-order valence-electron chi connectivity index (χ1n) is 5.85. The average Bonchev–Trinajstić information content (AvgIpc) is 2.70. The molecule has 1 aliphatic heterocycles. The van der Waals surface area contributed by atoms with E-state index in [0.717, 1.165) is 10.4 Å². The molecule has 1 aromatic rings. The van der Waals surface area contributed by atoms with Crippen molar-refractivity contribution in [1.29, 1.82) is 0 Å². The van der Waals surface area contributed by atoms with E-state index in [1.807, 2.05) is 0 Å². The molecule has 1 aliphatic rings. The second kappa shape index (κ2) is 5.09. The summed E-state index contributed by atoms with van der Waals surface area (Å²) in [7, 11) is -3.97. The van der Waals surface area contributed by atoms with Crippen molar-refractivity contribution in [2.24, 2.45) is 0 Å². The molecule has 0 amide bonds. The van der Waals surface area contributed by atoms with E-state index in [1.165, 1.54) is 19.1 Å². The first kappa shape index (κ1) is 14.9. The van der Waals surface area contributed by atoms with Gasteiger partial charge < -0.3 is 10.2 Å². The Kier molecular flexibility index (Phi) is 3.78. The van der Waals surface area contributed by atoms with E-state index >= 15 is 0 Å². The van der Waals surface area contributed by atoms with Crippen molar-refractivity contribution in [2.45, 2.75) is 24.0 Å². The second-order valence-electron chi connectivity index (χ2n) is 4.66. The Balaban J connectivity index is 2.40. The molecule has 1 saturated heterocycles. The van der Waals surface area contributed by atoms with Crippen LogP contribution in [0, 0.1) is 17.0 Å². The Morgan fingerprint density at radius 1 is 1.30 bits per heavy atom. The fraction of sp³-hybridized carbons (Fsp3) is 0.455. The summed E-state index contributed by atoms with van der Waals surface area (Å²) in [6.07, 6.45) is -2.30. The van der Waals surface area contributed by atoms with Crippen LogP contribution in [0.4, 0.5) is 5.69 Å². The van der Waals surface area contributed by atoms with E-state index in [-0.39, 0.29) is 23.7 Å². The van der Waals surface area contributed by atoms with Crippen LogP contribution in [0.1, 0.15) is 5.56 Å². The zero-order valence-corrected chi connectivity index (χ0v) is 11.4. The molecule has 0 aliphatic carbocycles. The number of nitro benzene ring substituents is 1. The number of aliphatic hydroxyl groups excluding tert-OH is 2. The molecule has 8 nitrogen and oxygen atoms in total. The summed E-state index contributed by atoms with van der Waals surface area (Å²) in [5.74, 6) is 0. The summed E-state index contributed by atoms with van der Waals surface area (Å²) in [4.78, 5) is 9.97. The molecular formula is C11H14N2O6S. The molecule has 0 bridgehead atoms. The molecule has 0 radical (unpaired) electrons. The molecule has 0 unspecified atom stereocenters. The van der Waals surface area contributed by atoms with E-state index < -0.39 is 27.2 Å². The summed E-state index contributed by atoms with van der Waals surface area (Å²) < 4.78 is 25.5. The second-order valence-corrected chi connectivity index (χ2v) is 6.60. The molecule has 20 heavy (non-hydrogen) atoms. The quantitative estimate of drug-likeness (QED) is 0.580. The maximum Gasteiger partial charge on any atom is 0.273 e. The van der Waals surface area contributed by atoms with Crippen LogP contribution in [-0.2, 0) is 10.0 Å². The number of hydrogen-bond acceptors (Lipinski definition) is 6. The number of rotatable bonds is 3. The Hall–Kier alpha value is -1.55. The number of nitro groups is 1. The van der Waals surface area contributed by atoms with Crippen molar-refractivity contribution >= 4 is 15.7 Å². The summed E-state index contributed by atoms with van der Waals surface area (Å²) in [5, 5.41) is 29.6. The lowest BCUT2D eigenvalue weighted by atomic mass is 10.2. The maximum absolute atomic E-state index is 12.3. The van der Waals surface area contributed by atoms with Crippen LogP contribution in [0.15, 0.2) is 23.1 Å². The molecule has 2 atom stereocenters. The van der Waals surface area contributed by atoms with Gasteiger partial charge in [-0.05, 0) is 13.0 Å². The lowest BCUT2D eigenvalue weighted by molar-refractivity contribution is -0.385. The molecule has 0 saturated carbocycles. The molecule has 0 spiro atoms. The Morgan fingerprint density at radius 3 is 2.35 bits per heavy atom. The third kappa shape index (κ3) is 2.52. The lowest BCUT2D eigenvalue weighted by Gasteiger charge is -2.15. The van der Waals surface area contributed by atoms with E-state index in [1.54, 1.807) is 0 Å². The smallest absolute Gasteiger partial charge is 0.273 e. The van der Waals surface area contributed by atoms with Gasteiger partial charge in [0.05, 0.1) is 22.0 Å². The van der Waals surface area contributed by atoms with Crippen LogP contribution in [0.25, 0.3) is 0 Å². The van der Waals surface area contributed by atoms with Gasteiger partial charge in [0.2, 0.25) is 10.0 Å². The predicted octanol–water partition coefficient (Wildman–Crippen LogP) is -0.371. The van der Waals surface area contributed by atoms with Gasteiger partial charge in [0.15, 0.2) is 0 Å². The van der Waals surface area contributed by atoms with Crippen molar-refractivity contribution in [3.05, 3.63) is 33.9 Å². The number of hydrogen-bond donors (Lipinski definition) is 2. The molecule has 1 heterocycles. The first-order chi connectivity index (χ1) is 9.23. The van der Waals surface area contributed by atoms with Gasteiger partial charge in [0.25, 0.3) is 5.69 Å². The van der Waals surface area contributed by atoms with Crippen LogP contribution in [0.5, 0.6) is 0 Å². The standard InChI is InChI=1S/C11H14N2O6S/c1-7-2-3-8(4-9(7)13(16)17)20(18,19)12-5-10(14)11(15)6-12/h2-4,10-11,14-15H,5-6H2,1H3/t10-,11+. The van der Waals surface area contributed by atoms with Gasteiger partial charge in [0, 0.05) is 24.7 Å². The predicted molar refractivity (Wildman–Crippen MR) is 68.6 cm³/mol. The minimum absolute atomic E-state index is 0.226. The summed E-state index contributed by atoms with van der Waals surface area (Å²) in [5.41, 5.74) is 0.0711. The molecule has 0 aromatic heterocycles. The van der Waals surface area contributed by atoms with Crippen molar-refractivity contribution in [3.63, 3.8) is 0 Å². The third-order valence-corrected chi connectivity index (χ3v) is 5.07. The third-order valence-electron chi connectivity index (χ3n) is 3.24. The zero-order chi connectivity index (χ0) is 15.1. The number of sulfonamides is 1. The van der Waals surface area contributed by atoms with E-state index in [9.17, 15) is 28.7 Å². The highest BCUT2D eigenvalue weighted by Crippen LogP contribution is 2.26.